The largest absolute Gasteiger partial charge is 0.339 e. The molecule has 0 heterocycles. The molecule has 5 heteroatoms. The van der Waals surface area contributed by atoms with E-state index in [0.717, 1.165) is 23.8 Å². The summed E-state index contributed by atoms with van der Waals surface area (Å²) in [4.78, 5) is 14.0. The Hall–Kier alpha value is -2.30. The third-order valence-electron chi connectivity index (χ3n) is 4.72. The van der Waals surface area contributed by atoms with Crippen LogP contribution in [0.1, 0.15) is 36.4 Å². The Morgan fingerprint density at radius 1 is 1.12 bits per heavy atom. The average molecular weight is 333 g/mol. The van der Waals surface area contributed by atoms with Crippen LogP contribution in [-0.2, 0) is 4.79 Å². The van der Waals surface area contributed by atoms with Crippen molar-refractivity contribution in [1.82, 2.24) is 4.90 Å². The second-order valence-electron chi connectivity index (χ2n) is 6.29. The van der Waals surface area contributed by atoms with Gasteiger partial charge in [-0.15, -0.1) is 0 Å². The van der Waals surface area contributed by atoms with Gasteiger partial charge in [-0.2, -0.15) is 0 Å². The van der Waals surface area contributed by atoms with Crippen molar-refractivity contribution in [2.24, 2.45) is 5.92 Å². The fraction of sp³-hybridized carbons (Fsp3) is 0.316. The molecule has 2 aromatic rings. The van der Waals surface area contributed by atoms with Gasteiger partial charge in [0, 0.05) is 18.5 Å². The van der Waals surface area contributed by atoms with Gasteiger partial charge in [0.25, 0.3) is 0 Å². The van der Waals surface area contributed by atoms with Crippen molar-refractivity contribution in [2.45, 2.75) is 25.3 Å². The van der Waals surface area contributed by atoms with E-state index in [1.165, 1.54) is 17.0 Å². The monoisotopic (exact) mass is 333 g/mol. The molecular weight excluding hydrogens is 315 g/mol. The predicted octanol–water partition coefficient (Wildman–Crippen LogP) is 4.43. The minimum atomic E-state index is -0.582. The van der Waals surface area contributed by atoms with Gasteiger partial charge < -0.3 is 4.90 Å². The average Bonchev–Trinajstić information content (AvgIpc) is 3.36. The Bertz CT molecular complexity index is 777. The van der Waals surface area contributed by atoms with Gasteiger partial charge in [0.2, 0.25) is 5.91 Å². The number of hydrogen-bond donors (Lipinski definition) is 0. The minimum Gasteiger partial charge on any atom is -0.339 e. The van der Waals surface area contributed by atoms with Gasteiger partial charge in [-0.3, -0.25) is 4.79 Å². The first-order chi connectivity index (χ1) is 11.4. The lowest BCUT2D eigenvalue weighted by Gasteiger charge is -2.26. The van der Waals surface area contributed by atoms with Crippen LogP contribution in [0, 0.1) is 23.4 Å². The Morgan fingerprint density at radius 2 is 1.83 bits per heavy atom. The van der Waals surface area contributed by atoms with Crippen molar-refractivity contribution in [1.29, 1.82) is 0 Å². The van der Waals surface area contributed by atoms with E-state index < -0.39 is 17.7 Å². The van der Waals surface area contributed by atoms with Crippen LogP contribution >= 0.6 is 0 Å². The van der Waals surface area contributed by atoms with Crippen molar-refractivity contribution in [2.75, 3.05) is 7.05 Å². The zero-order valence-corrected chi connectivity index (χ0v) is 13.5. The molecule has 2 aromatic carbocycles. The molecule has 2 nitrogen and oxygen atoms in total. The van der Waals surface area contributed by atoms with Crippen molar-refractivity contribution >= 4 is 5.91 Å². The highest BCUT2D eigenvalue weighted by molar-refractivity contribution is 5.83. The second kappa shape index (κ2) is 6.30. The zero-order valence-electron chi connectivity index (χ0n) is 13.5. The summed E-state index contributed by atoms with van der Waals surface area (Å²) in [7, 11) is 1.58. The first-order valence-electron chi connectivity index (χ1n) is 7.85. The molecular formula is C19H18F3NO. The van der Waals surface area contributed by atoms with Crippen LogP contribution in [-0.4, -0.2) is 17.9 Å². The molecule has 1 aliphatic carbocycles. The maximum atomic E-state index is 13.9. The van der Waals surface area contributed by atoms with Gasteiger partial charge in [0.15, 0.2) is 0 Å². The summed E-state index contributed by atoms with van der Waals surface area (Å²) in [6.45, 7) is 1.66. The van der Waals surface area contributed by atoms with Crippen LogP contribution in [0.4, 0.5) is 13.2 Å². The number of carbonyl (C=O) groups excluding carboxylic acids is 1. The Labute approximate surface area is 138 Å². The highest BCUT2D eigenvalue weighted by Gasteiger charge is 2.46. The number of carbonyl (C=O) groups is 1. The normalized spacial score (nSPS) is 20.5. The summed E-state index contributed by atoms with van der Waals surface area (Å²) in [6, 6.07) is 8.87. The molecule has 3 atom stereocenters. The lowest BCUT2D eigenvalue weighted by Crippen LogP contribution is -2.31. The quantitative estimate of drug-likeness (QED) is 0.811. The fourth-order valence-electron chi connectivity index (χ4n) is 3.07. The van der Waals surface area contributed by atoms with Crippen LogP contribution in [0.2, 0.25) is 0 Å². The van der Waals surface area contributed by atoms with Gasteiger partial charge in [0.1, 0.15) is 17.5 Å². The molecule has 1 fully saturated rings. The van der Waals surface area contributed by atoms with Gasteiger partial charge in [0.05, 0.1) is 6.04 Å². The summed E-state index contributed by atoms with van der Waals surface area (Å²) in [6.07, 6.45) is 0.644. The molecule has 0 N–H and O–H groups in total. The maximum Gasteiger partial charge on any atom is 0.226 e. The van der Waals surface area contributed by atoms with E-state index in [2.05, 4.69) is 0 Å². The molecule has 126 valence electrons. The third kappa shape index (κ3) is 3.16. The SMILES string of the molecule is CC(c1cc(F)ccc1F)N(C)C(=O)C1CC1c1cccc(F)c1. The number of rotatable bonds is 4. The molecule has 0 bridgehead atoms. The highest BCUT2D eigenvalue weighted by Crippen LogP contribution is 2.49. The van der Waals surface area contributed by atoms with Crippen molar-refractivity contribution < 1.29 is 18.0 Å². The standard InChI is InChI=1S/C19H18F3NO/c1-11(15-9-14(21)6-7-18(15)22)23(2)19(24)17-10-16(17)12-4-3-5-13(20)8-12/h3-9,11,16-17H,10H2,1-2H3. The second-order valence-corrected chi connectivity index (χ2v) is 6.29. The van der Waals surface area contributed by atoms with E-state index in [-0.39, 0.29) is 29.1 Å². The molecule has 0 spiro atoms. The minimum absolute atomic E-state index is 0.0137. The molecule has 0 aliphatic heterocycles. The zero-order chi connectivity index (χ0) is 17.4. The molecule has 0 aromatic heterocycles. The fourth-order valence-corrected chi connectivity index (χ4v) is 3.07. The smallest absolute Gasteiger partial charge is 0.226 e. The number of amides is 1. The van der Waals surface area contributed by atoms with Crippen molar-refractivity contribution in [3.63, 3.8) is 0 Å². The molecule has 3 unspecified atom stereocenters. The van der Waals surface area contributed by atoms with Gasteiger partial charge in [-0.25, -0.2) is 13.2 Å². The molecule has 1 aliphatic rings. The van der Waals surface area contributed by atoms with Gasteiger partial charge in [-0.1, -0.05) is 12.1 Å². The summed E-state index contributed by atoms with van der Waals surface area (Å²) >= 11 is 0. The van der Waals surface area contributed by atoms with Gasteiger partial charge >= 0.3 is 0 Å². The van der Waals surface area contributed by atoms with E-state index in [1.54, 1.807) is 26.1 Å². The van der Waals surface area contributed by atoms with E-state index in [1.807, 2.05) is 0 Å². The number of benzene rings is 2. The first-order valence-corrected chi connectivity index (χ1v) is 7.85. The summed E-state index contributed by atoms with van der Waals surface area (Å²) in [5, 5.41) is 0. The summed E-state index contributed by atoms with van der Waals surface area (Å²) in [5.41, 5.74) is 0.945. The summed E-state index contributed by atoms with van der Waals surface area (Å²) in [5.74, 6) is -1.80. The van der Waals surface area contributed by atoms with E-state index in [4.69, 9.17) is 0 Å². The molecule has 0 radical (unpaired) electrons. The third-order valence-corrected chi connectivity index (χ3v) is 4.72. The number of halogens is 3. The van der Waals surface area contributed by atoms with E-state index in [0.29, 0.717) is 6.42 Å². The maximum absolute atomic E-state index is 13.9. The van der Waals surface area contributed by atoms with Gasteiger partial charge in [-0.05, 0) is 55.2 Å². The predicted molar refractivity (Wildman–Crippen MR) is 84.8 cm³/mol. The molecule has 3 rings (SSSR count). The molecule has 0 saturated heterocycles. The topological polar surface area (TPSA) is 20.3 Å². The Kier molecular flexibility index (Phi) is 4.35. The van der Waals surface area contributed by atoms with Crippen LogP contribution in [0.25, 0.3) is 0 Å². The number of hydrogen-bond acceptors (Lipinski definition) is 1. The van der Waals surface area contributed by atoms with E-state index in [9.17, 15) is 18.0 Å². The van der Waals surface area contributed by atoms with Crippen LogP contribution in [0.5, 0.6) is 0 Å². The highest BCUT2D eigenvalue weighted by atomic mass is 19.1. The van der Waals surface area contributed by atoms with Crippen LogP contribution in [0.3, 0.4) is 0 Å². The van der Waals surface area contributed by atoms with Crippen LogP contribution in [0.15, 0.2) is 42.5 Å². The first kappa shape index (κ1) is 16.6. The number of nitrogens with zero attached hydrogens (tertiary/aromatic N) is 1. The summed E-state index contributed by atoms with van der Waals surface area (Å²) < 4.78 is 40.6. The van der Waals surface area contributed by atoms with Crippen molar-refractivity contribution in [3.05, 3.63) is 71.0 Å². The Balaban J connectivity index is 1.73. The van der Waals surface area contributed by atoms with E-state index >= 15 is 0 Å². The molecule has 24 heavy (non-hydrogen) atoms. The molecule has 1 amide bonds. The lowest BCUT2D eigenvalue weighted by molar-refractivity contribution is -0.133. The van der Waals surface area contributed by atoms with Crippen LogP contribution < -0.4 is 0 Å². The lowest BCUT2D eigenvalue weighted by atomic mass is 10.0. The Morgan fingerprint density at radius 3 is 2.54 bits per heavy atom. The van der Waals surface area contributed by atoms with Crippen molar-refractivity contribution in [3.8, 4) is 0 Å². The molecule has 1 saturated carbocycles.